The highest BCUT2D eigenvalue weighted by atomic mass is 127. The van der Waals surface area contributed by atoms with Gasteiger partial charge in [0.1, 0.15) is 0 Å². The number of carboxylic acids is 1. The van der Waals surface area contributed by atoms with Crippen LogP contribution < -0.4 is 0 Å². The van der Waals surface area contributed by atoms with Crippen molar-refractivity contribution >= 4 is 28.6 Å². The van der Waals surface area contributed by atoms with Gasteiger partial charge in [-0.3, -0.25) is 0 Å². The molecule has 2 nitrogen and oxygen atoms in total. The molecule has 0 radical (unpaired) electrons. The highest BCUT2D eigenvalue weighted by molar-refractivity contribution is 14.1. The van der Waals surface area contributed by atoms with E-state index < -0.39 is 17.6 Å². The van der Waals surface area contributed by atoms with E-state index in [1.165, 1.54) is 0 Å². The molecule has 92 valence electrons. The van der Waals surface area contributed by atoms with Crippen molar-refractivity contribution in [2.45, 2.75) is 20.3 Å². The third kappa shape index (κ3) is 3.24. The van der Waals surface area contributed by atoms with Crippen molar-refractivity contribution in [2.24, 2.45) is 0 Å². The van der Waals surface area contributed by atoms with Gasteiger partial charge < -0.3 is 5.11 Å². The molecule has 0 saturated heterocycles. The van der Waals surface area contributed by atoms with Crippen molar-refractivity contribution in [3.8, 4) is 0 Å². The second-order valence-electron chi connectivity index (χ2n) is 3.80. The molecule has 0 aliphatic rings. The fourth-order valence-electron chi connectivity index (χ4n) is 1.30. The smallest absolute Gasteiger partial charge is 0.336 e. The molecule has 0 heterocycles. The van der Waals surface area contributed by atoms with Gasteiger partial charge in [0.15, 0.2) is 11.6 Å². The standard InChI is InChI=1S/C12H11F2IO2/c1-6(2)3-4-7-10(14)9(13)5-8(11(7)15)12(16)17/h3,5H,4H2,1-2H3,(H,16,17). The Kier molecular flexibility index (Phi) is 4.62. The van der Waals surface area contributed by atoms with E-state index in [-0.39, 0.29) is 21.1 Å². The lowest BCUT2D eigenvalue weighted by atomic mass is 10.1. The maximum absolute atomic E-state index is 13.6. The molecule has 0 saturated carbocycles. The molecular formula is C12H11F2IO2. The van der Waals surface area contributed by atoms with E-state index in [2.05, 4.69) is 0 Å². The summed E-state index contributed by atoms with van der Waals surface area (Å²) in [7, 11) is 0. The normalized spacial score (nSPS) is 10.2. The molecule has 17 heavy (non-hydrogen) atoms. The maximum atomic E-state index is 13.6. The minimum Gasteiger partial charge on any atom is -0.478 e. The lowest BCUT2D eigenvalue weighted by Crippen LogP contribution is -2.07. The van der Waals surface area contributed by atoms with Crippen LogP contribution in [0, 0.1) is 15.2 Å². The van der Waals surface area contributed by atoms with Gasteiger partial charge in [-0.2, -0.15) is 0 Å². The summed E-state index contributed by atoms with van der Waals surface area (Å²) in [4.78, 5) is 10.9. The molecule has 5 heteroatoms. The molecule has 1 N–H and O–H groups in total. The number of carbonyl (C=O) groups is 1. The van der Waals surface area contributed by atoms with Gasteiger partial charge in [0.25, 0.3) is 0 Å². The molecule has 0 amide bonds. The number of carboxylic acid groups (broad SMARTS) is 1. The first kappa shape index (κ1) is 14.1. The molecule has 1 rings (SSSR count). The molecular weight excluding hydrogens is 341 g/mol. The van der Waals surface area contributed by atoms with Crippen LogP contribution in [0.4, 0.5) is 8.78 Å². The predicted octanol–water partition coefficient (Wildman–Crippen LogP) is 3.78. The summed E-state index contributed by atoms with van der Waals surface area (Å²) in [5, 5.41) is 8.87. The molecule has 0 aliphatic carbocycles. The van der Waals surface area contributed by atoms with Crippen molar-refractivity contribution in [3.63, 3.8) is 0 Å². The van der Waals surface area contributed by atoms with Gasteiger partial charge >= 0.3 is 5.97 Å². The fourth-order valence-corrected chi connectivity index (χ4v) is 2.14. The Morgan fingerprint density at radius 3 is 2.53 bits per heavy atom. The topological polar surface area (TPSA) is 37.3 Å². The van der Waals surface area contributed by atoms with E-state index in [0.717, 1.165) is 5.57 Å². The Morgan fingerprint density at radius 2 is 2.06 bits per heavy atom. The Morgan fingerprint density at radius 1 is 1.47 bits per heavy atom. The zero-order chi connectivity index (χ0) is 13.2. The van der Waals surface area contributed by atoms with Crippen LogP contribution in [-0.2, 0) is 6.42 Å². The largest absolute Gasteiger partial charge is 0.478 e. The van der Waals surface area contributed by atoms with Gasteiger partial charge in [0, 0.05) is 9.13 Å². The molecule has 0 atom stereocenters. The van der Waals surface area contributed by atoms with Crippen molar-refractivity contribution in [1.82, 2.24) is 0 Å². The highest BCUT2D eigenvalue weighted by Crippen LogP contribution is 2.24. The van der Waals surface area contributed by atoms with Crippen LogP contribution in [0.3, 0.4) is 0 Å². The maximum Gasteiger partial charge on any atom is 0.336 e. The number of benzene rings is 1. The van der Waals surface area contributed by atoms with Crippen LogP contribution in [0.5, 0.6) is 0 Å². The van der Waals surface area contributed by atoms with Crippen LogP contribution in [-0.4, -0.2) is 11.1 Å². The van der Waals surface area contributed by atoms with E-state index in [1.54, 1.807) is 28.7 Å². The van der Waals surface area contributed by atoms with Gasteiger partial charge in [-0.25, -0.2) is 13.6 Å². The van der Waals surface area contributed by atoms with Crippen LogP contribution in [0.25, 0.3) is 0 Å². The van der Waals surface area contributed by atoms with E-state index in [0.29, 0.717) is 6.07 Å². The van der Waals surface area contributed by atoms with Gasteiger partial charge in [-0.05, 0) is 48.9 Å². The number of aromatic carboxylic acids is 1. The summed E-state index contributed by atoms with van der Waals surface area (Å²) in [6.45, 7) is 3.67. The molecule has 1 aromatic rings. The SMILES string of the molecule is CC(C)=CCc1c(F)c(F)cc(C(=O)O)c1I. The zero-order valence-corrected chi connectivity index (χ0v) is 11.5. The van der Waals surface area contributed by atoms with Crippen molar-refractivity contribution in [1.29, 1.82) is 0 Å². The lowest BCUT2D eigenvalue weighted by molar-refractivity contribution is 0.0695. The third-order valence-corrected chi connectivity index (χ3v) is 3.42. The molecule has 0 aliphatic heterocycles. The van der Waals surface area contributed by atoms with Crippen molar-refractivity contribution in [2.75, 3.05) is 0 Å². The predicted molar refractivity (Wildman–Crippen MR) is 69.2 cm³/mol. The average molecular weight is 352 g/mol. The lowest BCUT2D eigenvalue weighted by Gasteiger charge is -2.08. The summed E-state index contributed by atoms with van der Waals surface area (Å²) >= 11 is 1.73. The summed E-state index contributed by atoms with van der Waals surface area (Å²) < 4.78 is 27.0. The second kappa shape index (κ2) is 5.57. The number of halogens is 3. The molecule has 0 aromatic heterocycles. The molecule has 0 unspecified atom stereocenters. The van der Waals surface area contributed by atoms with Crippen molar-refractivity contribution < 1.29 is 18.7 Å². The second-order valence-corrected chi connectivity index (χ2v) is 4.88. The molecule has 0 fully saturated rings. The van der Waals surface area contributed by atoms with Crippen LogP contribution in [0.1, 0.15) is 29.8 Å². The first-order valence-corrected chi connectivity index (χ1v) is 5.95. The Balaban J connectivity index is 3.36. The fraction of sp³-hybridized carbons (Fsp3) is 0.250. The van der Waals surface area contributed by atoms with E-state index in [4.69, 9.17) is 5.11 Å². The average Bonchev–Trinajstić information content (AvgIpc) is 2.22. The first-order chi connectivity index (χ1) is 7.84. The van der Waals surface area contributed by atoms with Gasteiger partial charge in [-0.15, -0.1) is 0 Å². The van der Waals surface area contributed by atoms with Crippen LogP contribution in [0.2, 0.25) is 0 Å². The number of hydrogen-bond acceptors (Lipinski definition) is 1. The van der Waals surface area contributed by atoms with Crippen molar-refractivity contribution in [3.05, 3.63) is 44.0 Å². The monoisotopic (exact) mass is 352 g/mol. The quantitative estimate of drug-likeness (QED) is 0.511. The number of rotatable bonds is 3. The molecule has 1 aromatic carbocycles. The highest BCUT2D eigenvalue weighted by Gasteiger charge is 2.19. The Labute approximate surface area is 111 Å². The third-order valence-electron chi connectivity index (χ3n) is 2.19. The summed E-state index contributed by atoms with van der Waals surface area (Å²) in [6, 6.07) is 0.714. The van der Waals surface area contributed by atoms with E-state index >= 15 is 0 Å². The summed E-state index contributed by atoms with van der Waals surface area (Å²) in [5.41, 5.74) is 0.840. The minimum atomic E-state index is -1.26. The zero-order valence-electron chi connectivity index (χ0n) is 9.35. The number of hydrogen-bond donors (Lipinski definition) is 1. The summed E-state index contributed by atoms with van der Waals surface area (Å²) in [6.07, 6.45) is 1.91. The minimum absolute atomic E-state index is 0.0872. The first-order valence-electron chi connectivity index (χ1n) is 4.87. The molecule has 0 bridgehead atoms. The Bertz CT molecular complexity index is 492. The van der Waals surface area contributed by atoms with E-state index in [9.17, 15) is 13.6 Å². The van der Waals surface area contributed by atoms with Gasteiger partial charge in [-0.1, -0.05) is 11.6 Å². The van der Waals surface area contributed by atoms with Gasteiger partial charge in [0.2, 0.25) is 0 Å². The van der Waals surface area contributed by atoms with Crippen LogP contribution in [0.15, 0.2) is 17.7 Å². The van der Waals surface area contributed by atoms with Gasteiger partial charge in [0.05, 0.1) is 5.56 Å². The molecule has 0 spiro atoms. The van der Waals surface area contributed by atoms with E-state index in [1.807, 2.05) is 13.8 Å². The van der Waals surface area contributed by atoms with Crippen LogP contribution >= 0.6 is 22.6 Å². The summed E-state index contributed by atoms with van der Waals surface area (Å²) in [5.74, 6) is -3.36. The Hall–Kier alpha value is -0.980. The number of allylic oxidation sites excluding steroid dienone is 2.